The van der Waals surface area contributed by atoms with Gasteiger partial charge in [0.1, 0.15) is 17.1 Å². The molecule has 0 fully saturated rings. The molecule has 0 bridgehead atoms. The summed E-state index contributed by atoms with van der Waals surface area (Å²) in [5, 5.41) is 7.70. The number of carbonyl (C=O) groups excluding carboxylic acids is 1. The molecule has 3 aromatic rings. The van der Waals surface area contributed by atoms with Gasteiger partial charge in [0.15, 0.2) is 5.65 Å². The number of ether oxygens (including phenoxy) is 2. The van der Waals surface area contributed by atoms with Crippen LogP contribution in [0.15, 0.2) is 24.5 Å². The first-order chi connectivity index (χ1) is 14.1. The van der Waals surface area contributed by atoms with Crippen LogP contribution in [0.25, 0.3) is 5.65 Å². The molecule has 0 saturated carbocycles. The molecule has 0 aliphatic heterocycles. The molecule has 0 unspecified atom stereocenters. The number of amides is 1. The van der Waals surface area contributed by atoms with Crippen LogP contribution >= 0.6 is 11.6 Å². The number of nitrogens with zero attached hydrogens (tertiary/aromatic N) is 3. The minimum Gasteiger partial charge on any atom is -0.495 e. The monoisotopic (exact) mass is 414 g/mol. The summed E-state index contributed by atoms with van der Waals surface area (Å²) in [5.74, 6) is 0.602. The van der Waals surface area contributed by atoms with Crippen molar-refractivity contribution in [2.75, 3.05) is 19.5 Å². The fourth-order valence-electron chi connectivity index (χ4n) is 3.76. The predicted octanol–water partition coefficient (Wildman–Crippen LogP) is 4.31. The zero-order chi connectivity index (χ0) is 20.4. The minimum absolute atomic E-state index is 0.321. The van der Waals surface area contributed by atoms with Gasteiger partial charge in [0.25, 0.3) is 5.91 Å². The summed E-state index contributed by atoms with van der Waals surface area (Å²) in [7, 11) is 3.04. The molecular weight excluding hydrogens is 392 g/mol. The summed E-state index contributed by atoms with van der Waals surface area (Å²) in [6.45, 7) is 0. The smallest absolute Gasteiger partial charge is 0.261 e. The molecule has 0 spiro atoms. The SMILES string of the molecule is COc1cc(OC)c(NC(=O)c2cnn3c4c(cnc23)CCCCCC4)cc1Cl. The lowest BCUT2D eigenvalue weighted by atomic mass is 9.98. The van der Waals surface area contributed by atoms with E-state index in [1.807, 2.05) is 10.7 Å². The zero-order valence-electron chi connectivity index (χ0n) is 16.5. The van der Waals surface area contributed by atoms with Gasteiger partial charge in [-0.2, -0.15) is 5.10 Å². The fourth-order valence-corrected chi connectivity index (χ4v) is 4.00. The first-order valence-corrected chi connectivity index (χ1v) is 10.1. The molecule has 1 aliphatic rings. The highest BCUT2D eigenvalue weighted by atomic mass is 35.5. The number of fused-ring (bicyclic) bond motifs is 3. The lowest BCUT2D eigenvalue weighted by Gasteiger charge is -2.15. The first-order valence-electron chi connectivity index (χ1n) is 9.69. The Morgan fingerprint density at radius 1 is 1.07 bits per heavy atom. The molecular formula is C21H23ClN4O3. The van der Waals surface area contributed by atoms with Crippen LogP contribution in [-0.4, -0.2) is 34.7 Å². The van der Waals surface area contributed by atoms with Gasteiger partial charge in [0.2, 0.25) is 0 Å². The Morgan fingerprint density at radius 2 is 1.83 bits per heavy atom. The number of carbonyl (C=O) groups is 1. The standard InChI is InChI=1S/C21H23ClN4O3/c1-28-18-10-19(29-2)16(9-15(18)22)25-21(27)14-12-24-26-17-8-6-4-3-5-7-13(17)11-23-20(14)26/h9-12H,3-8H2,1-2H3,(H,25,27). The highest BCUT2D eigenvalue weighted by Crippen LogP contribution is 2.36. The van der Waals surface area contributed by atoms with E-state index in [-0.39, 0.29) is 5.91 Å². The van der Waals surface area contributed by atoms with Gasteiger partial charge in [-0.05, 0) is 37.3 Å². The molecule has 1 amide bonds. The van der Waals surface area contributed by atoms with Gasteiger partial charge in [-0.15, -0.1) is 0 Å². The number of methoxy groups -OCH3 is 2. The number of rotatable bonds is 4. The van der Waals surface area contributed by atoms with Crippen molar-refractivity contribution in [1.82, 2.24) is 14.6 Å². The lowest BCUT2D eigenvalue weighted by Crippen LogP contribution is -2.14. The van der Waals surface area contributed by atoms with E-state index in [9.17, 15) is 4.79 Å². The quantitative estimate of drug-likeness (QED) is 0.688. The maximum absolute atomic E-state index is 13.0. The van der Waals surface area contributed by atoms with Crippen molar-refractivity contribution in [1.29, 1.82) is 0 Å². The number of anilines is 1. The van der Waals surface area contributed by atoms with Crippen LogP contribution in [0.3, 0.4) is 0 Å². The van der Waals surface area contributed by atoms with E-state index in [0.29, 0.717) is 33.4 Å². The molecule has 0 radical (unpaired) electrons. The third kappa shape index (κ3) is 3.74. The van der Waals surface area contributed by atoms with Crippen molar-refractivity contribution in [2.45, 2.75) is 38.5 Å². The largest absolute Gasteiger partial charge is 0.495 e. The van der Waals surface area contributed by atoms with Gasteiger partial charge in [-0.1, -0.05) is 24.4 Å². The van der Waals surface area contributed by atoms with Crippen molar-refractivity contribution < 1.29 is 14.3 Å². The summed E-state index contributed by atoms with van der Waals surface area (Å²) < 4.78 is 12.4. The van der Waals surface area contributed by atoms with E-state index in [2.05, 4.69) is 15.4 Å². The summed E-state index contributed by atoms with van der Waals surface area (Å²) in [4.78, 5) is 17.5. The normalized spacial score (nSPS) is 14.0. The van der Waals surface area contributed by atoms with Crippen molar-refractivity contribution in [3.05, 3.63) is 46.4 Å². The molecule has 4 rings (SSSR count). The maximum Gasteiger partial charge on any atom is 0.261 e. The van der Waals surface area contributed by atoms with Crippen molar-refractivity contribution in [2.24, 2.45) is 0 Å². The van der Waals surface area contributed by atoms with Crippen LogP contribution in [0.2, 0.25) is 5.02 Å². The first kappa shape index (κ1) is 19.5. The molecule has 29 heavy (non-hydrogen) atoms. The molecule has 2 aromatic heterocycles. The number of aromatic nitrogens is 3. The van der Waals surface area contributed by atoms with Crippen LogP contribution < -0.4 is 14.8 Å². The number of halogens is 1. The number of aryl methyl sites for hydroxylation is 2. The molecule has 7 nitrogen and oxygen atoms in total. The Labute approximate surface area is 174 Å². The van der Waals surface area contributed by atoms with Crippen molar-refractivity contribution in [3.8, 4) is 11.5 Å². The van der Waals surface area contributed by atoms with Crippen molar-refractivity contribution >= 4 is 28.8 Å². The second-order valence-electron chi connectivity index (χ2n) is 7.08. The van der Waals surface area contributed by atoms with Gasteiger partial charge in [0, 0.05) is 18.0 Å². The molecule has 0 saturated heterocycles. The Morgan fingerprint density at radius 3 is 2.59 bits per heavy atom. The Balaban J connectivity index is 1.68. The van der Waals surface area contributed by atoms with E-state index in [4.69, 9.17) is 21.1 Å². The third-order valence-electron chi connectivity index (χ3n) is 5.29. The summed E-state index contributed by atoms with van der Waals surface area (Å²) >= 11 is 6.21. The second kappa shape index (κ2) is 8.29. The number of hydrogen-bond donors (Lipinski definition) is 1. The van der Waals surface area contributed by atoms with Crippen LogP contribution in [-0.2, 0) is 12.8 Å². The Bertz CT molecular complexity index is 1060. The Hall–Kier alpha value is -2.80. The number of benzene rings is 1. The molecule has 8 heteroatoms. The summed E-state index contributed by atoms with van der Waals surface area (Å²) in [6.07, 6.45) is 10.1. The highest BCUT2D eigenvalue weighted by molar-refractivity contribution is 6.32. The molecule has 1 aliphatic carbocycles. The maximum atomic E-state index is 13.0. The van der Waals surface area contributed by atoms with Crippen LogP contribution in [0.1, 0.15) is 47.3 Å². The third-order valence-corrected chi connectivity index (χ3v) is 5.58. The molecule has 1 aromatic carbocycles. The molecule has 1 N–H and O–H groups in total. The van der Waals surface area contributed by atoms with E-state index < -0.39 is 0 Å². The average Bonchev–Trinajstić information content (AvgIpc) is 3.12. The fraction of sp³-hybridized carbons (Fsp3) is 0.381. The van der Waals surface area contributed by atoms with E-state index >= 15 is 0 Å². The Kier molecular flexibility index (Phi) is 5.58. The van der Waals surface area contributed by atoms with Gasteiger partial charge >= 0.3 is 0 Å². The highest BCUT2D eigenvalue weighted by Gasteiger charge is 2.20. The van der Waals surface area contributed by atoms with Crippen LogP contribution in [0.4, 0.5) is 5.69 Å². The van der Waals surface area contributed by atoms with Gasteiger partial charge in [-0.3, -0.25) is 4.79 Å². The second-order valence-corrected chi connectivity index (χ2v) is 7.49. The van der Waals surface area contributed by atoms with Gasteiger partial charge in [-0.25, -0.2) is 9.50 Å². The molecule has 2 heterocycles. The van der Waals surface area contributed by atoms with Crippen LogP contribution in [0, 0.1) is 0 Å². The lowest BCUT2D eigenvalue weighted by molar-refractivity contribution is 0.102. The molecule has 152 valence electrons. The van der Waals surface area contributed by atoms with Crippen molar-refractivity contribution in [3.63, 3.8) is 0 Å². The summed E-state index contributed by atoms with van der Waals surface area (Å²) in [5.41, 5.74) is 3.79. The molecule has 0 atom stereocenters. The van der Waals surface area contributed by atoms with Crippen LogP contribution in [0.5, 0.6) is 11.5 Å². The topological polar surface area (TPSA) is 77.8 Å². The van der Waals surface area contributed by atoms with Gasteiger partial charge < -0.3 is 14.8 Å². The van der Waals surface area contributed by atoms with E-state index in [0.717, 1.165) is 31.4 Å². The predicted molar refractivity (Wildman–Crippen MR) is 111 cm³/mol. The zero-order valence-corrected chi connectivity index (χ0v) is 17.3. The summed E-state index contributed by atoms with van der Waals surface area (Å²) in [6, 6.07) is 3.24. The number of nitrogens with one attached hydrogen (secondary N) is 1. The van der Waals surface area contributed by atoms with E-state index in [1.165, 1.54) is 32.6 Å². The van der Waals surface area contributed by atoms with Gasteiger partial charge in [0.05, 0.1) is 31.1 Å². The number of hydrogen-bond acceptors (Lipinski definition) is 5. The average molecular weight is 415 g/mol. The minimum atomic E-state index is -0.321. The van der Waals surface area contributed by atoms with E-state index in [1.54, 1.807) is 18.3 Å².